The van der Waals surface area contributed by atoms with Crippen molar-refractivity contribution < 1.29 is 18.9 Å². The quantitative estimate of drug-likeness (QED) is 0.237. The summed E-state index contributed by atoms with van der Waals surface area (Å²) in [6.07, 6.45) is 2.40. The normalized spacial score (nSPS) is 22.4. The van der Waals surface area contributed by atoms with Crippen molar-refractivity contribution in [3.8, 4) is 0 Å². The first-order chi connectivity index (χ1) is 7.33. The minimum absolute atomic E-state index is 0.0548. The molecule has 1 aliphatic heterocycles. The second kappa shape index (κ2) is 8.24. The summed E-state index contributed by atoms with van der Waals surface area (Å²) in [6, 6.07) is 1.28. The van der Waals surface area contributed by atoms with E-state index in [0.717, 1.165) is 32.5 Å². The van der Waals surface area contributed by atoms with Crippen LogP contribution >= 0.6 is 0 Å². The topological polar surface area (TPSA) is 40.2 Å². The van der Waals surface area contributed by atoms with Gasteiger partial charge in [0.05, 0.1) is 22.7 Å². The van der Waals surface area contributed by atoms with Crippen molar-refractivity contribution in [2.24, 2.45) is 0 Å². The van der Waals surface area contributed by atoms with Gasteiger partial charge in [-0.05, 0) is 13.3 Å². The van der Waals surface area contributed by atoms with Crippen LogP contribution in [0.15, 0.2) is 0 Å². The highest BCUT2D eigenvalue weighted by Gasteiger charge is 2.21. The van der Waals surface area contributed by atoms with Gasteiger partial charge in [0, 0.05) is 19.9 Å². The van der Waals surface area contributed by atoms with Gasteiger partial charge in [-0.1, -0.05) is 6.04 Å². The van der Waals surface area contributed by atoms with E-state index < -0.39 is 0 Å². The fourth-order valence-electron chi connectivity index (χ4n) is 1.18. The molecule has 4 nitrogen and oxygen atoms in total. The third-order valence-electron chi connectivity index (χ3n) is 2.32. The summed E-state index contributed by atoms with van der Waals surface area (Å²) >= 11 is 0. The molecule has 0 bridgehead atoms. The van der Waals surface area contributed by atoms with Crippen LogP contribution in [0.2, 0.25) is 6.04 Å². The molecule has 5 heteroatoms. The Morgan fingerprint density at radius 3 is 3.00 bits per heavy atom. The predicted octanol–water partition coefficient (Wildman–Crippen LogP) is 0.345. The van der Waals surface area contributed by atoms with Crippen molar-refractivity contribution >= 4 is 9.52 Å². The second-order valence-electron chi connectivity index (χ2n) is 3.77. The first-order valence-corrected chi connectivity index (χ1v) is 7.66. The van der Waals surface area contributed by atoms with Crippen LogP contribution in [0.3, 0.4) is 0 Å². The number of epoxide rings is 1. The van der Waals surface area contributed by atoms with Crippen molar-refractivity contribution in [1.29, 1.82) is 0 Å². The average Bonchev–Trinajstić information content (AvgIpc) is 3.05. The molecule has 1 heterocycles. The van der Waals surface area contributed by atoms with Gasteiger partial charge < -0.3 is 18.9 Å². The Bertz CT molecular complexity index is 152. The highest BCUT2D eigenvalue weighted by molar-refractivity contribution is 6.35. The van der Waals surface area contributed by atoms with E-state index in [-0.39, 0.29) is 15.8 Å². The molecule has 0 aromatic rings. The molecular formula is C10H22O4Si. The molecule has 1 fully saturated rings. The highest BCUT2D eigenvalue weighted by Crippen LogP contribution is 2.08. The number of hydrogen-bond acceptors (Lipinski definition) is 4. The van der Waals surface area contributed by atoms with E-state index in [1.807, 2.05) is 6.92 Å². The minimum atomic E-state index is -0.0860. The zero-order valence-corrected chi connectivity index (χ0v) is 11.2. The first kappa shape index (κ1) is 13.1. The lowest BCUT2D eigenvalue weighted by atomic mass is 10.5. The maximum atomic E-state index is 5.44. The minimum Gasteiger partial charge on any atom is -0.379 e. The van der Waals surface area contributed by atoms with Crippen LogP contribution in [-0.2, 0) is 18.9 Å². The van der Waals surface area contributed by atoms with Crippen LogP contribution in [0.4, 0.5) is 0 Å². The first-order valence-electron chi connectivity index (χ1n) is 5.66. The Hall–Kier alpha value is 0.0569. The van der Waals surface area contributed by atoms with Gasteiger partial charge in [-0.3, -0.25) is 0 Å². The van der Waals surface area contributed by atoms with E-state index in [1.165, 1.54) is 6.04 Å². The Morgan fingerprint density at radius 2 is 2.33 bits per heavy atom. The second-order valence-corrected chi connectivity index (χ2v) is 5.59. The third kappa shape index (κ3) is 7.93. The summed E-state index contributed by atoms with van der Waals surface area (Å²) in [5.41, 5.74) is 0. The lowest BCUT2D eigenvalue weighted by molar-refractivity contribution is -0.0959. The molecular weight excluding hydrogens is 212 g/mol. The predicted molar refractivity (Wildman–Crippen MR) is 61.0 cm³/mol. The summed E-state index contributed by atoms with van der Waals surface area (Å²) in [5.74, 6) is 0. The van der Waals surface area contributed by atoms with Crippen LogP contribution < -0.4 is 0 Å². The summed E-state index contributed by atoms with van der Waals surface area (Å²) in [6.45, 7) is 4.45. The fourth-order valence-corrected chi connectivity index (χ4v) is 2.44. The van der Waals surface area contributed by atoms with Gasteiger partial charge in [0.1, 0.15) is 6.10 Å². The van der Waals surface area contributed by atoms with Crippen LogP contribution in [0.25, 0.3) is 0 Å². The lowest BCUT2D eigenvalue weighted by Gasteiger charge is -2.10. The van der Waals surface area contributed by atoms with Crippen LogP contribution in [0, 0.1) is 0 Å². The molecule has 0 aromatic heterocycles. The van der Waals surface area contributed by atoms with Crippen LogP contribution in [0.5, 0.6) is 0 Å². The van der Waals surface area contributed by atoms with Crippen molar-refractivity contribution in [3.05, 3.63) is 0 Å². The van der Waals surface area contributed by atoms with E-state index in [9.17, 15) is 0 Å². The van der Waals surface area contributed by atoms with E-state index in [4.69, 9.17) is 18.9 Å². The summed E-state index contributed by atoms with van der Waals surface area (Å²) in [4.78, 5) is 0. The summed E-state index contributed by atoms with van der Waals surface area (Å²) in [7, 11) is 1.58. The molecule has 1 aliphatic rings. The molecule has 1 saturated heterocycles. The van der Waals surface area contributed by atoms with E-state index >= 15 is 0 Å². The zero-order chi connectivity index (χ0) is 10.9. The van der Waals surface area contributed by atoms with Crippen LogP contribution in [0.1, 0.15) is 13.3 Å². The Kier molecular flexibility index (Phi) is 7.21. The van der Waals surface area contributed by atoms with Gasteiger partial charge in [0.15, 0.2) is 6.29 Å². The number of methoxy groups -OCH3 is 1. The maximum absolute atomic E-state index is 5.44. The highest BCUT2D eigenvalue weighted by atomic mass is 28.2. The van der Waals surface area contributed by atoms with E-state index in [1.54, 1.807) is 7.11 Å². The number of rotatable bonds is 10. The molecule has 2 unspecified atom stereocenters. The molecule has 0 aliphatic carbocycles. The van der Waals surface area contributed by atoms with E-state index in [0.29, 0.717) is 6.10 Å². The Labute approximate surface area is 94.0 Å². The SMILES string of the molecule is COC(C)OC[SiH2]CCCOCC1CO1. The van der Waals surface area contributed by atoms with Crippen molar-refractivity contribution in [2.75, 3.05) is 33.2 Å². The van der Waals surface area contributed by atoms with Gasteiger partial charge in [0.2, 0.25) is 0 Å². The fraction of sp³-hybridized carbons (Fsp3) is 1.00. The van der Waals surface area contributed by atoms with Crippen LogP contribution in [-0.4, -0.2) is 55.1 Å². The Balaban J connectivity index is 1.68. The number of ether oxygens (including phenoxy) is 4. The largest absolute Gasteiger partial charge is 0.379 e. The van der Waals surface area contributed by atoms with Crippen molar-refractivity contribution in [2.45, 2.75) is 31.8 Å². The molecule has 15 heavy (non-hydrogen) atoms. The average molecular weight is 234 g/mol. The van der Waals surface area contributed by atoms with Crippen molar-refractivity contribution in [3.63, 3.8) is 0 Å². The Morgan fingerprint density at radius 1 is 1.53 bits per heavy atom. The van der Waals surface area contributed by atoms with Gasteiger partial charge in [0.25, 0.3) is 0 Å². The molecule has 0 saturated carbocycles. The summed E-state index contributed by atoms with van der Waals surface area (Å²) < 4.78 is 20.9. The smallest absolute Gasteiger partial charge is 0.153 e. The molecule has 0 spiro atoms. The number of hydrogen-bond donors (Lipinski definition) is 0. The van der Waals surface area contributed by atoms with E-state index in [2.05, 4.69) is 0 Å². The summed E-state index contributed by atoms with van der Waals surface area (Å²) in [5, 5.41) is 0. The molecule has 0 N–H and O–H groups in total. The lowest BCUT2D eigenvalue weighted by Crippen LogP contribution is -2.15. The molecule has 0 radical (unpaired) electrons. The van der Waals surface area contributed by atoms with Gasteiger partial charge in [-0.2, -0.15) is 0 Å². The van der Waals surface area contributed by atoms with Gasteiger partial charge >= 0.3 is 0 Å². The van der Waals surface area contributed by atoms with Crippen molar-refractivity contribution in [1.82, 2.24) is 0 Å². The monoisotopic (exact) mass is 234 g/mol. The molecule has 90 valence electrons. The maximum Gasteiger partial charge on any atom is 0.153 e. The zero-order valence-electron chi connectivity index (χ0n) is 9.74. The molecule has 1 rings (SSSR count). The molecule has 0 aromatic carbocycles. The van der Waals surface area contributed by atoms with Gasteiger partial charge in [-0.15, -0.1) is 0 Å². The molecule has 2 atom stereocenters. The standard InChI is InChI=1S/C10H22O4Si/c1-9(11-2)14-8-15-5-3-4-12-6-10-7-13-10/h9-10H,3-8,15H2,1-2H3. The molecule has 0 amide bonds. The third-order valence-corrected chi connectivity index (χ3v) is 3.85. The van der Waals surface area contributed by atoms with Gasteiger partial charge in [-0.25, -0.2) is 0 Å².